The van der Waals surface area contributed by atoms with Crippen LogP contribution >= 0.6 is 0 Å². The molecule has 2 aromatic heterocycles. The topological polar surface area (TPSA) is 141 Å². The van der Waals surface area contributed by atoms with Gasteiger partial charge in [0.05, 0.1) is 5.75 Å². The molecule has 0 aromatic carbocycles. The molecule has 0 radical (unpaired) electrons. The van der Waals surface area contributed by atoms with Crippen LogP contribution in [0, 0.1) is 0 Å². The Bertz CT molecular complexity index is 685. The predicted molar refractivity (Wildman–Crippen MR) is 77.6 cm³/mol. The van der Waals surface area contributed by atoms with Gasteiger partial charge in [-0.3, -0.25) is 9.99 Å². The summed E-state index contributed by atoms with van der Waals surface area (Å²) < 4.78 is 23.7. The van der Waals surface area contributed by atoms with Crippen LogP contribution in [-0.4, -0.2) is 51.5 Å². The molecule has 0 aliphatic heterocycles. The fraction of sp³-hybridized carbons (Fsp3) is 0.400. The van der Waals surface area contributed by atoms with Crippen LogP contribution in [0.25, 0.3) is 5.95 Å². The van der Waals surface area contributed by atoms with E-state index in [-0.39, 0.29) is 11.7 Å². The second-order valence-electron chi connectivity index (χ2n) is 4.31. The van der Waals surface area contributed by atoms with Gasteiger partial charge in [-0.2, -0.15) is 15.0 Å². The summed E-state index contributed by atoms with van der Waals surface area (Å²) in [6.45, 7) is 0.421. The van der Waals surface area contributed by atoms with Crippen molar-refractivity contribution in [1.82, 2.24) is 24.5 Å². The summed E-state index contributed by atoms with van der Waals surface area (Å²) in [6.07, 6.45) is 6.48. The molecule has 4 N–H and O–H groups in total. The summed E-state index contributed by atoms with van der Waals surface area (Å²) in [5, 5.41) is 2.94. The SMILES string of the molecule is CS(=O)(=O)CCCNc1nc(NN)nc(-n2ccnc2)n1. The van der Waals surface area contributed by atoms with Crippen molar-refractivity contribution in [2.24, 2.45) is 5.84 Å². The molecule has 2 rings (SSSR count). The molecule has 0 aliphatic rings. The van der Waals surface area contributed by atoms with Crippen LogP contribution in [0.2, 0.25) is 0 Å². The summed E-state index contributed by atoms with van der Waals surface area (Å²) >= 11 is 0. The Morgan fingerprint density at radius 3 is 2.67 bits per heavy atom. The first-order chi connectivity index (χ1) is 9.98. The van der Waals surface area contributed by atoms with Crippen LogP contribution in [0.5, 0.6) is 0 Å². The molecule has 0 unspecified atom stereocenters. The highest BCUT2D eigenvalue weighted by molar-refractivity contribution is 7.90. The Labute approximate surface area is 121 Å². The minimum absolute atomic E-state index is 0.0987. The first-order valence-electron chi connectivity index (χ1n) is 6.10. The van der Waals surface area contributed by atoms with E-state index in [4.69, 9.17) is 5.84 Å². The van der Waals surface area contributed by atoms with Crippen LogP contribution < -0.4 is 16.6 Å². The maximum atomic E-state index is 11.0. The number of hydrogen-bond donors (Lipinski definition) is 3. The fourth-order valence-electron chi connectivity index (χ4n) is 1.54. The molecule has 0 bridgehead atoms. The Morgan fingerprint density at radius 1 is 1.29 bits per heavy atom. The van der Waals surface area contributed by atoms with Crippen molar-refractivity contribution >= 4 is 21.7 Å². The summed E-state index contributed by atoms with van der Waals surface area (Å²) in [4.78, 5) is 16.2. The zero-order valence-electron chi connectivity index (χ0n) is 11.4. The van der Waals surface area contributed by atoms with Crippen LogP contribution in [0.3, 0.4) is 0 Å². The Morgan fingerprint density at radius 2 is 2.05 bits per heavy atom. The molecule has 10 nitrogen and oxygen atoms in total. The second-order valence-corrected chi connectivity index (χ2v) is 6.57. The van der Waals surface area contributed by atoms with E-state index in [9.17, 15) is 8.42 Å². The van der Waals surface area contributed by atoms with Gasteiger partial charge in [-0.25, -0.2) is 19.2 Å². The standard InChI is InChI=1S/C10H16N8O2S/c1-21(19,20)6-2-3-13-8-14-9(17-11)16-10(15-8)18-5-4-12-7-18/h4-5,7H,2-3,6,11H2,1H3,(H2,13,14,15,16,17). The third-order valence-corrected chi connectivity index (χ3v) is 3.49. The quantitative estimate of drug-likeness (QED) is 0.340. The van der Waals surface area contributed by atoms with Crippen molar-refractivity contribution < 1.29 is 8.42 Å². The minimum Gasteiger partial charge on any atom is -0.354 e. The number of hydrazine groups is 1. The van der Waals surface area contributed by atoms with Gasteiger partial charge in [0.1, 0.15) is 16.2 Å². The first-order valence-corrected chi connectivity index (χ1v) is 8.16. The van der Waals surface area contributed by atoms with E-state index in [0.29, 0.717) is 24.9 Å². The number of anilines is 2. The molecule has 0 saturated heterocycles. The Kier molecular flexibility index (Phi) is 4.65. The smallest absolute Gasteiger partial charge is 0.243 e. The molecule has 11 heteroatoms. The average molecular weight is 312 g/mol. The van der Waals surface area contributed by atoms with Crippen molar-refractivity contribution in [3.05, 3.63) is 18.7 Å². The molecule has 0 saturated carbocycles. The highest BCUT2D eigenvalue weighted by Crippen LogP contribution is 2.08. The van der Waals surface area contributed by atoms with Gasteiger partial charge in [0.2, 0.25) is 17.8 Å². The van der Waals surface area contributed by atoms with E-state index in [1.54, 1.807) is 23.3 Å². The normalized spacial score (nSPS) is 11.3. The Hall–Kier alpha value is -2.27. The molecular formula is C10H16N8O2S. The molecule has 0 fully saturated rings. The van der Waals surface area contributed by atoms with Crippen LogP contribution in [0.4, 0.5) is 11.9 Å². The molecule has 21 heavy (non-hydrogen) atoms. The van der Waals surface area contributed by atoms with Gasteiger partial charge in [0.15, 0.2) is 0 Å². The maximum Gasteiger partial charge on any atom is 0.243 e. The highest BCUT2D eigenvalue weighted by Gasteiger charge is 2.07. The third-order valence-electron chi connectivity index (χ3n) is 2.46. The number of rotatable bonds is 7. The average Bonchev–Trinajstić information content (AvgIpc) is 2.96. The van der Waals surface area contributed by atoms with Crippen LogP contribution in [0.15, 0.2) is 18.7 Å². The number of imidazole rings is 1. The zero-order chi connectivity index (χ0) is 15.3. The van der Waals surface area contributed by atoms with E-state index in [0.717, 1.165) is 0 Å². The molecular weight excluding hydrogens is 296 g/mol. The van der Waals surface area contributed by atoms with Gasteiger partial charge >= 0.3 is 0 Å². The zero-order valence-corrected chi connectivity index (χ0v) is 12.2. The van der Waals surface area contributed by atoms with Gasteiger partial charge < -0.3 is 5.32 Å². The number of nitrogen functional groups attached to an aromatic ring is 1. The third kappa shape index (κ3) is 4.65. The Balaban J connectivity index is 2.07. The van der Waals surface area contributed by atoms with E-state index in [1.165, 1.54) is 6.26 Å². The summed E-state index contributed by atoms with van der Waals surface area (Å²) in [6, 6.07) is 0. The van der Waals surface area contributed by atoms with Crippen molar-refractivity contribution in [2.45, 2.75) is 6.42 Å². The van der Waals surface area contributed by atoms with E-state index < -0.39 is 9.84 Å². The van der Waals surface area contributed by atoms with E-state index in [2.05, 4.69) is 30.7 Å². The molecule has 2 heterocycles. The van der Waals surface area contributed by atoms with Crippen molar-refractivity contribution in [3.8, 4) is 5.95 Å². The molecule has 0 atom stereocenters. The number of aromatic nitrogens is 5. The first kappa shape index (κ1) is 15.1. The van der Waals surface area contributed by atoms with Crippen molar-refractivity contribution in [3.63, 3.8) is 0 Å². The van der Waals surface area contributed by atoms with Gasteiger partial charge in [0, 0.05) is 25.2 Å². The summed E-state index contributed by atoms with van der Waals surface area (Å²) in [5.74, 6) is 6.26. The van der Waals surface area contributed by atoms with Crippen molar-refractivity contribution in [2.75, 3.05) is 29.3 Å². The number of nitrogens with one attached hydrogen (secondary N) is 2. The van der Waals surface area contributed by atoms with Gasteiger partial charge in [-0.05, 0) is 6.42 Å². The van der Waals surface area contributed by atoms with Gasteiger partial charge in [-0.1, -0.05) is 0 Å². The molecule has 0 aliphatic carbocycles. The lowest BCUT2D eigenvalue weighted by Crippen LogP contribution is -2.16. The van der Waals surface area contributed by atoms with Crippen LogP contribution in [-0.2, 0) is 9.84 Å². The number of nitrogens with two attached hydrogens (primary N) is 1. The lowest BCUT2D eigenvalue weighted by atomic mass is 10.5. The maximum absolute atomic E-state index is 11.0. The second kappa shape index (κ2) is 6.45. The molecule has 0 spiro atoms. The molecule has 0 amide bonds. The monoisotopic (exact) mass is 312 g/mol. The van der Waals surface area contributed by atoms with Crippen molar-refractivity contribution in [1.29, 1.82) is 0 Å². The lowest BCUT2D eigenvalue weighted by molar-refractivity contribution is 0.600. The number of nitrogens with zero attached hydrogens (tertiary/aromatic N) is 5. The number of sulfone groups is 1. The molecule has 2 aromatic rings. The number of hydrogen-bond acceptors (Lipinski definition) is 9. The summed E-state index contributed by atoms with van der Waals surface area (Å²) in [7, 11) is -2.97. The lowest BCUT2D eigenvalue weighted by Gasteiger charge is -2.08. The predicted octanol–water partition coefficient (Wildman–Crippen LogP) is -0.810. The minimum atomic E-state index is -2.97. The largest absolute Gasteiger partial charge is 0.354 e. The summed E-state index contributed by atoms with van der Waals surface area (Å²) in [5.41, 5.74) is 2.35. The highest BCUT2D eigenvalue weighted by atomic mass is 32.2. The van der Waals surface area contributed by atoms with Crippen LogP contribution in [0.1, 0.15) is 6.42 Å². The fourth-order valence-corrected chi connectivity index (χ4v) is 2.20. The van der Waals surface area contributed by atoms with E-state index in [1.807, 2.05) is 0 Å². The van der Waals surface area contributed by atoms with Gasteiger partial charge in [-0.15, -0.1) is 0 Å². The van der Waals surface area contributed by atoms with Gasteiger partial charge in [0.25, 0.3) is 0 Å². The van der Waals surface area contributed by atoms with E-state index >= 15 is 0 Å². The molecule has 114 valence electrons.